The summed E-state index contributed by atoms with van der Waals surface area (Å²) in [4.78, 5) is 26.5. The van der Waals surface area contributed by atoms with Gasteiger partial charge in [0.1, 0.15) is 5.58 Å². The van der Waals surface area contributed by atoms with Gasteiger partial charge in [0.15, 0.2) is 5.65 Å². The van der Waals surface area contributed by atoms with Crippen molar-refractivity contribution in [2.75, 3.05) is 38.6 Å². The molecule has 0 aliphatic carbocycles. The van der Waals surface area contributed by atoms with E-state index in [-0.39, 0.29) is 5.63 Å². The highest BCUT2D eigenvalue weighted by Crippen LogP contribution is 2.29. The third-order valence-corrected chi connectivity index (χ3v) is 6.00. The molecule has 0 spiro atoms. The summed E-state index contributed by atoms with van der Waals surface area (Å²) in [5.74, 6) is 0.664. The van der Waals surface area contributed by atoms with E-state index < -0.39 is 0 Å². The summed E-state index contributed by atoms with van der Waals surface area (Å²) >= 11 is 0. The molecule has 1 fully saturated rings. The molecule has 0 amide bonds. The molecule has 0 N–H and O–H groups in total. The minimum atomic E-state index is -0.373. The number of rotatable bonds is 4. The van der Waals surface area contributed by atoms with Crippen LogP contribution < -0.4 is 10.5 Å². The quantitative estimate of drug-likeness (QED) is 0.474. The van der Waals surface area contributed by atoms with E-state index in [4.69, 9.17) is 4.42 Å². The van der Waals surface area contributed by atoms with Gasteiger partial charge in [-0.05, 0) is 58.5 Å². The number of aromatic nitrogens is 3. The topological polar surface area (TPSA) is 66.9 Å². The molecule has 0 bridgehead atoms. The van der Waals surface area contributed by atoms with E-state index in [2.05, 4.69) is 39.9 Å². The van der Waals surface area contributed by atoms with Gasteiger partial charge in [0.05, 0.1) is 22.6 Å². The first-order valence-corrected chi connectivity index (χ1v) is 10.7. The van der Waals surface area contributed by atoms with E-state index in [0.717, 1.165) is 47.7 Å². The lowest BCUT2D eigenvalue weighted by molar-refractivity contribution is 0.340. The monoisotopic (exact) mass is 417 g/mol. The molecule has 1 atom stereocenters. The lowest BCUT2D eigenvalue weighted by atomic mass is 10.1. The lowest BCUT2D eigenvalue weighted by Gasteiger charge is -2.20. The Morgan fingerprint density at radius 2 is 2.00 bits per heavy atom. The van der Waals surface area contributed by atoms with Crippen molar-refractivity contribution in [3.8, 4) is 11.3 Å². The van der Waals surface area contributed by atoms with Gasteiger partial charge in [-0.15, -0.1) is 0 Å². The highest BCUT2D eigenvalue weighted by molar-refractivity contribution is 5.84. The smallest absolute Gasteiger partial charge is 0.345 e. The van der Waals surface area contributed by atoms with Gasteiger partial charge in [-0.25, -0.2) is 9.78 Å². The zero-order valence-corrected chi connectivity index (χ0v) is 18.4. The van der Waals surface area contributed by atoms with Crippen molar-refractivity contribution in [2.45, 2.75) is 20.3 Å². The van der Waals surface area contributed by atoms with Gasteiger partial charge in [-0.3, -0.25) is 4.98 Å². The molecule has 7 nitrogen and oxygen atoms in total. The second kappa shape index (κ2) is 7.50. The number of imidazole rings is 1. The van der Waals surface area contributed by atoms with Crippen molar-refractivity contribution in [1.29, 1.82) is 0 Å². The van der Waals surface area contributed by atoms with Crippen molar-refractivity contribution in [3.63, 3.8) is 0 Å². The third kappa shape index (κ3) is 3.70. The van der Waals surface area contributed by atoms with Crippen LogP contribution in [0.1, 0.15) is 17.8 Å². The zero-order chi connectivity index (χ0) is 21.7. The number of fused-ring (bicyclic) bond motifs is 2. The first kappa shape index (κ1) is 19.8. The molecule has 31 heavy (non-hydrogen) atoms. The summed E-state index contributed by atoms with van der Waals surface area (Å²) in [6.07, 6.45) is 4.95. The Morgan fingerprint density at radius 1 is 1.16 bits per heavy atom. The molecule has 4 aromatic rings. The van der Waals surface area contributed by atoms with Gasteiger partial charge >= 0.3 is 5.63 Å². The van der Waals surface area contributed by atoms with Crippen LogP contribution in [0.15, 0.2) is 45.9 Å². The fourth-order valence-corrected chi connectivity index (χ4v) is 4.64. The first-order valence-electron chi connectivity index (χ1n) is 10.7. The maximum atomic E-state index is 12.8. The van der Waals surface area contributed by atoms with Gasteiger partial charge in [0.25, 0.3) is 0 Å². The second-order valence-corrected chi connectivity index (χ2v) is 8.86. The number of aryl methyl sites for hydroxylation is 2. The largest absolute Gasteiger partial charge is 0.422 e. The van der Waals surface area contributed by atoms with Gasteiger partial charge in [0, 0.05) is 49.2 Å². The molecule has 3 aromatic heterocycles. The lowest BCUT2D eigenvalue weighted by Crippen LogP contribution is -2.25. The maximum absolute atomic E-state index is 12.8. The fourth-order valence-electron chi connectivity index (χ4n) is 4.64. The number of hydrogen-bond acceptors (Lipinski definition) is 6. The Hall–Kier alpha value is -3.19. The molecular formula is C24H27N5O2. The van der Waals surface area contributed by atoms with Crippen molar-refractivity contribution in [2.24, 2.45) is 5.92 Å². The van der Waals surface area contributed by atoms with Crippen molar-refractivity contribution in [1.82, 2.24) is 19.3 Å². The summed E-state index contributed by atoms with van der Waals surface area (Å²) < 4.78 is 7.65. The van der Waals surface area contributed by atoms with Crippen LogP contribution >= 0.6 is 0 Å². The molecule has 7 heteroatoms. The Labute approximate surface area is 180 Å². The predicted molar refractivity (Wildman–Crippen MR) is 123 cm³/mol. The molecule has 0 saturated carbocycles. The van der Waals surface area contributed by atoms with Gasteiger partial charge in [-0.1, -0.05) is 0 Å². The van der Waals surface area contributed by atoms with Crippen LogP contribution in [-0.4, -0.2) is 53.0 Å². The summed E-state index contributed by atoms with van der Waals surface area (Å²) in [6, 6.07) is 8.01. The number of benzene rings is 1. The van der Waals surface area contributed by atoms with E-state index >= 15 is 0 Å². The van der Waals surface area contributed by atoms with Crippen molar-refractivity contribution in [3.05, 3.63) is 58.5 Å². The molecule has 0 radical (unpaired) electrons. The SMILES string of the molecule is Cc1cn2cc(-c3cc4ccc(N5CC[C@H](CN(C)C)C5)cc4oc3=O)nc2c(C)n1. The second-order valence-electron chi connectivity index (χ2n) is 8.86. The Morgan fingerprint density at radius 3 is 2.81 bits per heavy atom. The Balaban J connectivity index is 1.49. The minimum Gasteiger partial charge on any atom is -0.422 e. The standard InChI is InChI=1S/C24H27N5O2/c1-15-11-29-14-21(26-23(29)16(2)25-15)20-9-18-5-6-19(10-22(18)31-24(20)30)28-8-7-17(13-28)12-27(3)4/h5-6,9-11,14,17H,7-8,12-13H2,1-4H3/t17-/m1/s1. The first-order chi connectivity index (χ1) is 14.9. The average Bonchev–Trinajstić information content (AvgIpc) is 3.33. The Bertz CT molecular complexity index is 1340. The van der Waals surface area contributed by atoms with Crippen LogP contribution in [0.25, 0.3) is 27.9 Å². The predicted octanol–water partition coefficient (Wildman–Crippen LogP) is 3.51. The fraction of sp³-hybridized carbons (Fsp3) is 0.375. The van der Waals surface area contributed by atoms with E-state index in [1.165, 1.54) is 6.42 Å². The maximum Gasteiger partial charge on any atom is 0.345 e. The van der Waals surface area contributed by atoms with Crippen LogP contribution in [0.4, 0.5) is 5.69 Å². The minimum absolute atomic E-state index is 0.373. The van der Waals surface area contributed by atoms with Crippen LogP contribution in [0.5, 0.6) is 0 Å². The molecule has 5 rings (SSSR count). The zero-order valence-electron chi connectivity index (χ0n) is 18.4. The highest BCUT2D eigenvalue weighted by Gasteiger charge is 2.23. The van der Waals surface area contributed by atoms with Crippen molar-refractivity contribution < 1.29 is 4.42 Å². The normalized spacial score (nSPS) is 16.8. The summed E-state index contributed by atoms with van der Waals surface area (Å²) in [5.41, 5.74) is 4.89. The van der Waals surface area contributed by atoms with E-state index in [1.54, 1.807) is 0 Å². The molecular weight excluding hydrogens is 390 g/mol. The van der Waals surface area contributed by atoms with Crippen LogP contribution in [0.2, 0.25) is 0 Å². The Kier molecular flexibility index (Phi) is 4.78. The summed E-state index contributed by atoms with van der Waals surface area (Å²) in [6.45, 7) is 7.01. The van der Waals surface area contributed by atoms with Crippen molar-refractivity contribution >= 4 is 22.3 Å². The molecule has 1 aliphatic rings. The average molecular weight is 418 g/mol. The molecule has 1 aliphatic heterocycles. The van der Waals surface area contributed by atoms with Crippen LogP contribution in [0.3, 0.4) is 0 Å². The van der Waals surface area contributed by atoms with Crippen LogP contribution in [0, 0.1) is 19.8 Å². The molecule has 1 saturated heterocycles. The molecule has 0 unspecified atom stereocenters. The number of nitrogens with zero attached hydrogens (tertiary/aromatic N) is 5. The highest BCUT2D eigenvalue weighted by atomic mass is 16.4. The summed E-state index contributed by atoms with van der Waals surface area (Å²) in [7, 11) is 4.24. The molecule has 1 aromatic carbocycles. The number of hydrogen-bond donors (Lipinski definition) is 0. The number of anilines is 1. The van der Waals surface area contributed by atoms with Gasteiger partial charge in [0.2, 0.25) is 0 Å². The van der Waals surface area contributed by atoms with Gasteiger partial charge in [-0.2, -0.15) is 0 Å². The van der Waals surface area contributed by atoms with Gasteiger partial charge < -0.3 is 18.6 Å². The van der Waals surface area contributed by atoms with E-state index in [9.17, 15) is 4.79 Å². The van der Waals surface area contributed by atoms with E-state index in [1.807, 2.05) is 48.8 Å². The molecule has 4 heterocycles. The molecule has 160 valence electrons. The third-order valence-electron chi connectivity index (χ3n) is 6.00. The summed E-state index contributed by atoms with van der Waals surface area (Å²) in [5, 5.41) is 0.894. The van der Waals surface area contributed by atoms with E-state index in [0.29, 0.717) is 22.8 Å². The van der Waals surface area contributed by atoms with Crippen LogP contribution in [-0.2, 0) is 0 Å².